The Hall–Kier alpha value is -1.70. The van der Waals surface area contributed by atoms with Crippen LogP contribution in [0.1, 0.15) is 0 Å². The van der Waals surface area contributed by atoms with Crippen LogP contribution in [0.4, 0.5) is 20.2 Å². The summed E-state index contributed by atoms with van der Waals surface area (Å²) in [5.41, 5.74) is 1.13. The van der Waals surface area contributed by atoms with E-state index in [2.05, 4.69) is 27.9 Å². The molecule has 2 rings (SSSR count). The molecule has 1 amide bonds. The molecule has 0 radical (unpaired) electrons. The highest BCUT2D eigenvalue weighted by molar-refractivity contribution is 14.1. The van der Waals surface area contributed by atoms with Crippen LogP contribution >= 0.6 is 22.6 Å². The lowest BCUT2D eigenvalue weighted by Crippen LogP contribution is -2.30. The Bertz CT molecular complexity index is 647. The highest BCUT2D eigenvalue weighted by Gasteiger charge is 2.10. The van der Waals surface area contributed by atoms with E-state index in [9.17, 15) is 13.6 Å². The topological polar surface area (TPSA) is 32.3 Å². The van der Waals surface area contributed by atoms with E-state index in [0.717, 1.165) is 15.7 Å². The van der Waals surface area contributed by atoms with Crippen molar-refractivity contribution in [2.45, 2.75) is 0 Å². The number of anilines is 2. The lowest BCUT2D eigenvalue weighted by atomic mass is 10.2. The number of halogens is 3. The fourth-order valence-electron chi connectivity index (χ4n) is 1.76. The number of likely N-dealkylation sites (N-methyl/N-ethyl adjacent to an activating group) is 1. The van der Waals surface area contributed by atoms with Gasteiger partial charge in [-0.15, -0.1) is 0 Å². The predicted molar refractivity (Wildman–Crippen MR) is 87.4 cm³/mol. The Morgan fingerprint density at radius 2 is 1.81 bits per heavy atom. The Balaban J connectivity index is 1.98. The highest BCUT2D eigenvalue weighted by atomic mass is 127. The maximum atomic E-state index is 13.2. The van der Waals surface area contributed by atoms with Crippen molar-refractivity contribution in [1.82, 2.24) is 0 Å². The quantitative estimate of drug-likeness (QED) is 0.793. The van der Waals surface area contributed by atoms with Crippen molar-refractivity contribution in [2.24, 2.45) is 0 Å². The molecule has 0 unspecified atom stereocenters. The van der Waals surface area contributed by atoms with Crippen molar-refractivity contribution in [3.8, 4) is 0 Å². The summed E-state index contributed by atoms with van der Waals surface area (Å²) in [6.07, 6.45) is 0. The Morgan fingerprint density at radius 3 is 2.43 bits per heavy atom. The molecule has 3 nitrogen and oxygen atoms in total. The molecule has 0 heterocycles. The SMILES string of the molecule is CN(CC(=O)Nc1ccc(I)cc1)c1ccc(F)c(F)c1. The molecule has 2 aromatic rings. The molecule has 0 fully saturated rings. The van der Waals surface area contributed by atoms with E-state index in [1.165, 1.54) is 6.07 Å². The van der Waals surface area contributed by atoms with E-state index >= 15 is 0 Å². The Labute approximate surface area is 135 Å². The van der Waals surface area contributed by atoms with E-state index in [1.54, 1.807) is 24.1 Å². The largest absolute Gasteiger partial charge is 0.365 e. The molecular weight excluding hydrogens is 389 g/mol. The molecule has 0 aliphatic rings. The number of nitrogens with zero attached hydrogens (tertiary/aromatic N) is 1. The molecule has 0 bridgehead atoms. The second-order valence-electron chi connectivity index (χ2n) is 4.51. The molecule has 0 aliphatic heterocycles. The van der Waals surface area contributed by atoms with Crippen molar-refractivity contribution in [3.63, 3.8) is 0 Å². The predicted octanol–water partition coefficient (Wildman–Crippen LogP) is 3.64. The number of hydrogen-bond donors (Lipinski definition) is 1. The summed E-state index contributed by atoms with van der Waals surface area (Å²) in [5, 5.41) is 2.74. The maximum Gasteiger partial charge on any atom is 0.243 e. The molecule has 0 saturated carbocycles. The zero-order valence-corrected chi connectivity index (χ0v) is 13.4. The summed E-state index contributed by atoms with van der Waals surface area (Å²) in [4.78, 5) is 13.5. The number of hydrogen-bond acceptors (Lipinski definition) is 2. The van der Waals surface area contributed by atoms with Crippen LogP contribution in [0.2, 0.25) is 0 Å². The first-order valence-electron chi connectivity index (χ1n) is 6.17. The summed E-state index contributed by atoms with van der Waals surface area (Å²) < 4.78 is 27.1. The van der Waals surface area contributed by atoms with Gasteiger partial charge in [-0.05, 0) is 59.0 Å². The highest BCUT2D eigenvalue weighted by Crippen LogP contribution is 2.17. The molecule has 0 atom stereocenters. The van der Waals surface area contributed by atoms with Crippen molar-refractivity contribution >= 4 is 39.9 Å². The van der Waals surface area contributed by atoms with Crippen LogP contribution in [0.3, 0.4) is 0 Å². The van der Waals surface area contributed by atoms with Gasteiger partial charge in [0.2, 0.25) is 5.91 Å². The van der Waals surface area contributed by atoms with Gasteiger partial charge in [-0.1, -0.05) is 0 Å². The molecule has 0 saturated heterocycles. The van der Waals surface area contributed by atoms with Crippen LogP contribution in [0.5, 0.6) is 0 Å². The zero-order valence-electron chi connectivity index (χ0n) is 11.2. The van der Waals surface area contributed by atoms with E-state index < -0.39 is 11.6 Å². The zero-order chi connectivity index (χ0) is 15.4. The first kappa shape index (κ1) is 15.7. The minimum absolute atomic E-state index is 0.0387. The van der Waals surface area contributed by atoms with Crippen molar-refractivity contribution in [1.29, 1.82) is 0 Å². The van der Waals surface area contributed by atoms with Gasteiger partial charge in [0.25, 0.3) is 0 Å². The number of amides is 1. The normalized spacial score (nSPS) is 10.3. The molecule has 2 aromatic carbocycles. The van der Waals surface area contributed by atoms with Gasteiger partial charge in [-0.25, -0.2) is 8.78 Å². The van der Waals surface area contributed by atoms with Crippen LogP contribution in [-0.2, 0) is 4.79 Å². The van der Waals surface area contributed by atoms with Crippen LogP contribution in [0.25, 0.3) is 0 Å². The summed E-state index contributed by atoms with van der Waals surface area (Å²) in [5.74, 6) is -2.07. The summed E-state index contributed by atoms with van der Waals surface area (Å²) in [6.45, 7) is 0.0387. The van der Waals surface area contributed by atoms with Crippen molar-refractivity contribution in [2.75, 3.05) is 23.8 Å². The lowest BCUT2D eigenvalue weighted by molar-refractivity contribution is -0.114. The van der Waals surface area contributed by atoms with Crippen LogP contribution in [0.15, 0.2) is 42.5 Å². The van der Waals surface area contributed by atoms with Gasteiger partial charge in [0.15, 0.2) is 11.6 Å². The average Bonchev–Trinajstić information content (AvgIpc) is 2.44. The summed E-state index contributed by atoms with van der Waals surface area (Å²) in [7, 11) is 1.64. The molecule has 0 aliphatic carbocycles. The Kier molecular flexibility index (Phi) is 5.11. The molecule has 1 N–H and O–H groups in total. The standard InChI is InChI=1S/C15H13F2IN2O/c1-20(12-6-7-13(16)14(17)8-12)9-15(21)19-11-4-2-10(18)3-5-11/h2-8H,9H2,1H3,(H,19,21). The van der Waals surface area contributed by atoms with Gasteiger partial charge in [-0.2, -0.15) is 0 Å². The lowest BCUT2D eigenvalue weighted by Gasteiger charge is -2.19. The van der Waals surface area contributed by atoms with Gasteiger partial charge in [0.05, 0.1) is 6.54 Å². The maximum absolute atomic E-state index is 13.2. The fraction of sp³-hybridized carbons (Fsp3) is 0.133. The van der Waals surface area contributed by atoms with Gasteiger partial charge in [0, 0.05) is 28.1 Å². The summed E-state index contributed by atoms with van der Waals surface area (Å²) >= 11 is 2.18. The number of rotatable bonds is 4. The Morgan fingerprint density at radius 1 is 1.14 bits per heavy atom. The van der Waals surface area contributed by atoms with E-state index in [4.69, 9.17) is 0 Å². The first-order valence-corrected chi connectivity index (χ1v) is 7.25. The molecule has 0 spiro atoms. The third-order valence-electron chi connectivity index (χ3n) is 2.85. The first-order chi connectivity index (χ1) is 9.95. The van der Waals surface area contributed by atoms with E-state index in [-0.39, 0.29) is 12.5 Å². The fourth-order valence-corrected chi connectivity index (χ4v) is 2.12. The van der Waals surface area contributed by atoms with Gasteiger partial charge in [0.1, 0.15) is 0 Å². The van der Waals surface area contributed by atoms with Crippen LogP contribution in [-0.4, -0.2) is 19.5 Å². The molecule has 6 heteroatoms. The van der Waals surface area contributed by atoms with Gasteiger partial charge < -0.3 is 10.2 Å². The molecule has 110 valence electrons. The average molecular weight is 402 g/mol. The van der Waals surface area contributed by atoms with Crippen molar-refractivity contribution in [3.05, 3.63) is 57.7 Å². The van der Waals surface area contributed by atoms with Crippen molar-refractivity contribution < 1.29 is 13.6 Å². The van der Waals surface area contributed by atoms with Crippen LogP contribution in [0, 0.1) is 15.2 Å². The number of nitrogens with one attached hydrogen (secondary N) is 1. The minimum atomic E-state index is -0.933. The number of carbonyl (C=O) groups is 1. The minimum Gasteiger partial charge on any atom is -0.365 e. The number of carbonyl (C=O) groups excluding carboxylic acids is 1. The third-order valence-corrected chi connectivity index (χ3v) is 3.57. The second kappa shape index (κ2) is 6.84. The second-order valence-corrected chi connectivity index (χ2v) is 5.76. The smallest absolute Gasteiger partial charge is 0.243 e. The molecule has 0 aromatic heterocycles. The third kappa shape index (κ3) is 4.38. The monoisotopic (exact) mass is 402 g/mol. The summed E-state index contributed by atoms with van der Waals surface area (Å²) in [6, 6.07) is 10.9. The van der Waals surface area contributed by atoms with Crippen LogP contribution < -0.4 is 10.2 Å². The number of benzene rings is 2. The molecular formula is C15H13F2IN2O. The van der Waals surface area contributed by atoms with Gasteiger partial charge in [-0.3, -0.25) is 4.79 Å². The van der Waals surface area contributed by atoms with E-state index in [1.807, 2.05) is 12.1 Å². The molecule has 21 heavy (non-hydrogen) atoms. The van der Waals surface area contributed by atoms with E-state index in [0.29, 0.717) is 11.4 Å². The van der Waals surface area contributed by atoms with Gasteiger partial charge >= 0.3 is 0 Å².